The molecule has 4 nitrogen and oxygen atoms in total. The van der Waals surface area contributed by atoms with Crippen molar-refractivity contribution in [2.24, 2.45) is 0 Å². The van der Waals surface area contributed by atoms with Gasteiger partial charge in [0, 0.05) is 18.8 Å². The first-order chi connectivity index (χ1) is 8.83. The van der Waals surface area contributed by atoms with Gasteiger partial charge in [0.05, 0.1) is 6.61 Å². The van der Waals surface area contributed by atoms with Gasteiger partial charge in [-0.05, 0) is 24.6 Å². The van der Waals surface area contributed by atoms with Gasteiger partial charge in [0.15, 0.2) is 5.82 Å². The van der Waals surface area contributed by atoms with Crippen LogP contribution in [0.2, 0.25) is 0 Å². The van der Waals surface area contributed by atoms with Crippen molar-refractivity contribution in [2.45, 2.75) is 13.3 Å². The molecule has 2 rings (SSSR count). The van der Waals surface area contributed by atoms with Gasteiger partial charge >= 0.3 is 0 Å². The maximum Gasteiger partial charge on any atom is 0.161 e. The van der Waals surface area contributed by atoms with Crippen LogP contribution < -0.4 is 10.1 Å². The van der Waals surface area contributed by atoms with Gasteiger partial charge in [-0.2, -0.15) is 0 Å². The normalized spacial score (nSPS) is 10.1. The number of aromatic nitrogens is 2. The fraction of sp³-hybridized carbons (Fsp3) is 0.286. The summed E-state index contributed by atoms with van der Waals surface area (Å²) in [4.78, 5) is 8.68. The number of benzene rings is 1. The van der Waals surface area contributed by atoms with E-state index in [9.17, 15) is 0 Å². The molecule has 2 aromatic rings. The average Bonchev–Trinajstić information content (AvgIpc) is 2.45. The molecule has 0 saturated carbocycles. The molecule has 1 heterocycles. The van der Waals surface area contributed by atoms with Crippen LogP contribution in [-0.2, 0) is 0 Å². The van der Waals surface area contributed by atoms with Crippen molar-refractivity contribution in [2.75, 3.05) is 19.0 Å². The number of hydrogen-bond donors (Lipinski definition) is 1. The molecule has 1 aromatic carbocycles. The van der Waals surface area contributed by atoms with Gasteiger partial charge in [0.25, 0.3) is 0 Å². The minimum absolute atomic E-state index is 0.698. The summed E-state index contributed by atoms with van der Waals surface area (Å²) in [6.07, 6.45) is 2.74. The predicted octanol–water partition coefficient (Wildman–Crippen LogP) is 2.97. The van der Waals surface area contributed by atoms with E-state index in [-0.39, 0.29) is 0 Å². The first-order valence-electron chi connectivity index (χ1n) is 6.07. The van der Waals surface area contributed by atoms with Gasteiger partial charge < -0.3 is 10.1 Å². The Kier molecular flexibility index (Phi) is 4.12. The fourth-order valence-electron chi connectivity index (χ4n) is 1.58. The third kappa shape index (κ3) is 2.97. The van der Waals surface area contributed by atoms with Gasteiger partial charge in [-0.15, -0.1) is 0 Å². The van der Waals surface area contributed by atoms with Crippen LogP contribution in [0, 0.1) is 0 Å². The first kappa shape index (κ1) is 12.4. The van der Waals surface area contributed by atoms with Crippen molar-refractivity contribution >= 4 is 5.82 Å². The molecule has 0 saturated heterocycles. The Bertz CT molecular complexity index is 514. The van der Waals surface area contributed by atoms with Crippen molar-refractivity contribution < 1.29 is 4.74 Å². The molecular weight excluding hydrogens is 226 g/mol. The van der Waals surface area contributed by atoms with Crippen LogP contribution in [0.5, 0.6) is 5.75 Å². The van der Waals surface area contributed by atoms with Crippen LogP contribution in [-0.4, -0.2) is 23.6 Å². The van der Waals surface area contributed by atoms with Crippen molar-refractivity contribution in [1.29, 1.82) is 0 Å². The van der Waals surface area contributed by atoms with E-state index in [1.165, 1.54) is 0 Å². The molecule has 0 aliphatic heterocycles. The number of nitrogens with zero attached hydrogens (tertiary/aromatic N) is 2. The van der Waals surface area contributed by atoms with Crippen LogP contribution >= 0.6 is 0 Å². The largest absolute Gasteiger partial charge is 0.494 e. The van der Waals surface area contributed by atoms with Crippen LogP contribution in [0.25, 0.3) is 11.4 Å². The summed E-state index contributed by atoms with van der Waals surface area (Å²) in [6, 6.07) is 9.68. The van der Waals surface area contributed by atoms with Crippen LogP contribution in [0.3, 0.4) is 0 Å². The molecule has 0 spiro atoms. The molecule has 4 heteroatoms. The third-order valence-corrected chi connectivity index (χ3v) is 2.48. The molecule has 0 amide bonds. The molecule has 0 atom stereocenters. The highest BCUT2D eigenvalue weighted by Gasteiger charge is 2.03. The molecule has 0 fully saturated rings. The van der Waals surface area contributed by atoms with E-state index < -0.39 is 0 Å². The SMILES string of the molecule is CCCOc1cccc(-c2nccc(NC)n2)c1. The smallest absolute Gasteiger partial charge is 0.161 e. The molecule has 18 heavy (non-hydrogen) atoms. The fourth-order valence-corrected chi connectivity index (χ4v) is 1.58. The second-order valence-corrected chi connectivity index (χ2v) is 3.89. The summed E-state index contributed by atoms with van der Waals surface area (Å²) >= 11 is 0. The zero-order chi connectivity index (χ0) is 12.8. The standard InChI is InChI=1S/C14H17N3O/c1-3-9-18-12-6-4-5-11(10-12)14-16-8-7-13(15-2)17-14/h4-8,10H,3,9H2,1-2H3,(H,15,16,17). The van der Waals surface area contributed by atoms with E-state index in [2.05, 4.69) is 22.2 Å². The highest BCUT2D eigenvalue weighted by atomic mass is 16.5. The van der Waals surface area contributed by atoms with E-state index in [0.717, 1.165) is 30.2 Å². The summed E-state index contributed by atoms with van der Waals surface area (Å²) in [5.74, 6) is 2.36. The first-order valence-corrected chi connectivity index (χ1v) is 6.07. The van der Waals surface area contributed by atoms with E-state index in [0.29, 0.717) is 5.82 Å². The Morgan fingerprint density at radius 2 is 2.17 bits per heavy atom. The summed E-state index contributed by atoms with van der Waals surface area (Å²) in [6.45, 7) is 2.81. The number of nitrogens with one attached hydrogen (secondary N) is 1. The average molecular weight is 243 g/mol. The highest BCUT2D eigenvalue weighted by Crippen LogP contribution is 2.21. The summed E-state index contributed by atoms with van der Waals surface area (Å²) < 4.78 is 5.60. The summed E-state index contributed by atoms with van der Waals surface area (Å²) in [5, 5.41) is 3.00. The molecule has 0 radical (unpaired) electrons. The van der Waals surface area contributed by atoms with E-state index in [1.807, 2.05) is 37.4 Å². The van der Waals surface area contributed by atoms with Crippen molar-refractivity contribution in [3.63, 3.8) is 0 Å². The van der Waals surface area contributed by atoms with Gasteiger partial charge in [0.2, 0.25) is 0 Å². The Morgan fingerprint density at radius 1 is 1.28 bits per heavy atom. The number of anilines is 1. The van der Waals surface area contributed by atoms with E-state index >= 15 is 0 Å². The lowest BCUT2D eigenvalue weighted by molar-refractivity contribution is 0.317. The zero-order valence-electron chi connectivity index (χ0n) is 10.7. The van der Waals surface area contributed by atoms with Crippen LogP contribution in [0.4, 0.5) is 5.82 Å². The topological polar surface area (TPSA) is 47.0 Å². The van der Waals surface area contributed by atoms with Gasteiger partial charge in [-0.25, -0.2) is 9.97 Å². The quantitative estimate of drug-likeness (QED) is 0.877. The molecule has 0 aliphatic rings. The highest BCUT2D eigenvalue weighted by molar-refractivity contribution is 5.59. The minimum atomic E-state index is 0.698. The summed E-state index contributed by atoms with van der Waals surface area (Å²) in [5.41, 5.74) is 0.959. The van der Waals surface area contributed by atoms with Crippen LogP contribution in [0.15, 0.2) is 36.5 Å². The zero-order valence-corrected chi connectivity index (χ0v) is 10.7. The van der Waals surface area contributed by atoms with Crippen LogP contribution in [0.1, 0.15) is 13.3 Å². The molecule has 0 unspecified atom stereocenters. The monoisotopic (exact) mass is 243 g/mol. The molecule has 1 aromatic heterocycles. The lowest BCUT2D eigenvalue weighted by Crippen LogP contribution is -1.97. The third-order valence-electron chi connectivity index (χ3n) is 2.48. The van der Waals surface area contributed by atoms with Gasteiger partial charge in [-0.1, -0.05) is 19.1 Å². The predicted molar refractivity (Wildman–Crippen MR) is 72.8 cm³/mol. The Morgan fingerprint density at radius 3 is 2.94 bits per heavy atom. The molecule has 94 valence electrons. The second-order valence-electron chi connectivity index (χ2n) is 3.89. The van der Waals surface area contributed by atoms with Crippen molar-refractivity contribution in [3.05, 3.63) is 36.5 Å². The molecule has 1 N–H and O–H groups in total. The van der Waals surface area contributed by atoms with E-state index in [4.69, 9.17) is 4.74 Å². The number of ether oxygens (including phenoxy) is 1. The second kappa shape index (κ2) is 6.00. The Labute approximate surface area is 107 Å². The van der Waals surface area contributed by atoms with Crippen molar-refractivity contribution in [3.8, 4) is 17.1 Å². The maximum absolute atomic E-state index is 5.60. The Hall–Kier alpha value is -2.10. The number of hydrogen-bond acceptors (Lipinski definition) is 4. The summed E-state index contributed by atoms with van der Waals surface area (Å²) in [7, 11) is 1.84. The van der Waals surface area contributed by atoms with Gasteiger partial charge in [0.1, 0.15) is 11.6 Å². The molecular formula is C14H17N3O. The molecule has 0 aliphatic carbocycles. The van der Waals surface area contributed by atoms with E-state index in [1.54, 1.807) is 6.20 Å². The van der Waals surface area contributed by atoms with Gasteiger partial charge in [-0.3, -0.25) is 0 Å². The maximum atomic E-state index is 5.60. The minimum Gasteiger partial charge on any atom is -0.494 e. The lowest BCUT2D eigenvalue weighted by atomic mass is 10.2. The molecule has 0 bridgehead atoms. The van der Waals surface area contributed by atoms with Crippen molar-refractivity contribution in [1.82, 2.24) is 9.97 Å². The lowest BCUT2D eigenvalue weighted by Gasteiger charge is -2.07. The number of rotatable bonds is 5. The Balaban J connectivity index is 2.26.